The Morgan fingerprint density at radius 1 is 1.09 bits per heavy atom. The van der Waals surface area contributed by atoms with E-state index in [0.29, 0.717) is 24.5 Å². The van der Waals surface area contributed by atoms with Gasteiger partial charge in [0, 0.05) is 35.5 Å². The fraction of sp³-hybridized carbons (Fsp3) is 0.400. The number of amides is 1. The summed E-state index contributed by atoms with van der Waals surface area (Å²) in [5.41, 5.74) is 3.64. The molecule has 1 amide bonds. The van der Waals surface area contributed by atoms with Crippen LogP contribution in [0.25, 0.3) is 5.82 Å². The Bertz CT molecular complexity index is 1090. The van der Waals surface area contributed by atoms with Crippen LogP contribution in [-0.4, -0.2) is 45.9 Å². The Hall–Kier alpha value is -3.19. The Labute approximate surface area is 188 Å². The number of aromatic nitrogens is 2. The molecule has 3 aromatic rings. The normalized spacial score (nSPS) is 15.1. The van der Waals surface area contributed by atoms with Crippen molar-refractivity contribution < 1.29 is 14.1 Å². The summed E-state index contributed by atoms with van der Waals surface area (Å²) in [4.78, 5) is 27.7. The van der Waals surface area contributed by atoms with Gasteiger partial charge in [-0.2, -0.15) is 0 Å². The van der Waals surface area contributed by atoms with Crippen LogP contribution in [0.3, 0.4) is 0 Å². The number of hydrogen-bond donors (Lipinski definition) is 1. The van der Waals surface area contributed by atoms with Crippen molar-refractivity contribution in [3.63, 3.8) is 0 Å². The number of aryl methyl sites for hydroxylation is 2. The Balaban J connectivity index is 1.31. The summed E-state index contributed by atoms with van der Waals surface area (Å²) in [7, 11) is 0. The Morgan fingerprint density at radius 3 is 2.47 bits per heavy atom. The van der Waals surface area contributed by atoms with E-state index in [4.69, 9.17) is 4.52 Å². The van der Waals surface area contributed by atoms with Crippen molar-refractivity contribution in [1.82, 2.24) is 19.9 Å². The van der Waals surface area contributed by atoms with Gasteiger partial charge in [-0.3, -0.25) is 19.1 Å². The number of likely N-dealkylation sites (tertiary alicyclic amines) is 1. The molecule has 0 unspecified atom stereocenters. The molecule has 0 spiro atoms. The summed E-state index contributed by atoms with van der Waals surface area (Å²) in [5, 5.41) is 7.13. The highest BCUT2D eigenvalue weighted by Crippen LogP contribution is 2.23. The molecule has 0 radical (unpaired) electrons. The number of nitrogens with one attached hydrogen (secondary N) is 1. The lowest BCUT2D eigenvalue weighted by Crippen LogP contribution is -2.42. The second-order valence-electron chi connectivity index (χ2n) is 8.59. The van der Waals surface area contributed by atoms with E-state index in [2.05, 4.69) is 15.4 Å². The topological polar surface area (TPSA) is 80.4 Å². The van der Waals surface area contributed by atoms with Crippen LogP contribution >= 0.6 is 0 Å². The van der Waals surface area contributed by atoms with Gasteiger partial charge < -0.3 is 9.84 Å². The first-order valence-electron chi connectivity index (χ1n) is 11.1. The minimum absolute atomic E-state index is 0.00512. The van der Waals surface area contributed by atoms with Crippen LogP contribution in [0.2, 0.25) is 0 Å². The van der Waals surface area contributed by atoms with Crippen molar-refractivity contribution in [2.75, 3.05) is 19.6 Å². The van der Waals surface area contributed by atoms with Gasteiger partial charge in [0.25, 0.3) is 0 Å². The van der Waals surface area contributed by atoms with Crippen LogP contribution in [0.4, 0.5) is 0 Å². The third-order valence-corrected chi connectivity index (χ3v) is 6.21. The summed E-state index contributed by atoms with van der Waals surface area (Å²) in [5.74, 6) is 1.63. The number of hydrogen-bond acceptors (Lipinski definition) is 5. The first-order chi connectivity index (χ1) is 15.4. The molecule has 4 rings (SSSR count). The highest BCUT2D eigenvalue weighted by molar-refractivity contribution is 5.99. The van der Waals surface area contributed by atoms with Gasteiger partial charge in [-0.05, 0) is 58.3 Å². The van der Waals surface area contributed by atoms with E-state index in [1.165, 1.54) is 0 Å². The average molecular weight is 435 g/mol. The lowest BCUT2D eigenvalue weighted by atomic mass is 9.95. The lowest BCUT2D eigenvalue weighted by Gasteiger charge is -2.30. The summed E-state index contributed by atoms with van der Waals surface area (Å²) in [6.07, 6.45) is 1.54. The molecule has 0 atom stereocenters. The molecule has 1 fully saturated rings. The van der Waals surface area contributed by atoms with Gasteiger partial charge in [-0.1, -0.05) is 35.5 Å². The smallest absolute Gasteiger partial charge is 0.223 e. The summed E-state index contributed by atoms with van der Waals surface area (Å²) in [6, 6.07) is 13.7. The highest BCUT2D eigenvalue weighted by Gasteiger charge is 2.27. The van der Waals surface area contributed by atoms with Crippen LogP contribution in [0.5, 0.6) is 0 Å². The van der Waals surface area contributed by atoms with Gasteiger partial charge >= 0.3 is 0 Å². The molecule has 0 bridgehead atoms. The van der Waals surface area contributed by atoms with Crippen LogP contribution in [0, 0.1) is 26.7 Å². The quantitative estimate of drug-likeness (QED) is 0.575. The van der Waals surface area contributed by atoms with Crippen LogP contribution in [0.1, 0.15) is 45.9 Å². The SMILES string of the molecule is Cc1cc(-n2c(C)cc(C(=O)CN3CCC(C(=O)NCc4ccccc4)CC3)c2C)no1. The van der Waals surface area contributed by atoms with E-state index in [-0.39, 0.29) is 17.6 Å². The molecule has 0 saturated carbocycles. The van der Waals surface area contributed by atoms with Gasteiger partial charge in [-0.25, -0.2) is 0 Å². The average Bonchev–Trinajstić information content (AvgIpc) is 3.35. The van der Waals surface area contributed by atoms with Gasteiger partial charge in [0.15, 0.2) is 11.6 Å². The molecule has 3 heterocycles. The fourth-order valence-corrected chi connectivity index (χ4v) is 4.43. The number of Topliss-reactive ketones (excluding diaryl/α,β-unsaturated/α-hetero) is 1. The van der Waals surface area contributed by atoms with Crippen molar-refractivity contribution in [2.45, 2.75) is 40.2 Å². The largest absolute Gasteiger partial charge is 0.360 e. The number of carbonyl (C=O) groups is 2. The molecule has 7 nitrogen and oxygen atoms in total. The predicted molar refractivity (Wildman–Crippen MR) is 122 cm³/mol. The Kier molecular flexibility index (Phi) is 6.55. The van der Waals surface area contributed by atoms with Crippen molar-refractivity contribution in [2.24, 2.45) is 5.92 Å². The number of ketones is 1. The number of benzene rings is 1. The minimum Gasteiger partial charge on any atom is -0.360 e. The molecule has 1 saturated heterocycles. The standard InChI is InChI=1S/C25H30N4O3/c1-17-13-22(19(3)29(17)24-14-18(2)32-27-24)23(30)16-28-11-9-21(10-12-28)25(31)26-15-20-7-5-4-6-8-20/h4-8,13-14,21H,9-12,15-16H2,1-3H3,(H,26,31). The molecule has 32 heavy (non-hydrogen) atoms. The third-order valence-electron chi connectivity index (χ3n) is 6.21. The summed E-state index contributed by atoms with van der Waals surface area (Å²) < 4.78 is 7.15. The lowest BCUT2D eigenvalue weighted by molar-refractivity contribution is -0.126. The molecular formula is C25H30N4O3. The monoisotopic (exact) mass is 434 g/mol. The van der Waals surface area contributed by atoms with E-state index < -0.39 is 0 Å². The molecule has 7 heteroatoms. The maximum absolute atomic E-state index is 13.0. The van der Waals surface area contributed by atoms with Crippen molar-refractivity contribution in [1.29, 1.82) is 0 Å². The van der Waals surface area contributed by atoms with E-state index in [1.54, 1.807) is 0 Å². The maximum atomic E-state index is 13.0. The van der Waals surface area contributed by atoms with Crippen LogP contribution < -0.4 is 5.32 Å². The number of nitrogens with zero attached hydrogens (tertiary/aromatic N) is 3. The maximum Gasteiger partial charge on any atom is 0.223 e. The van der Waals surface area contributed by atoms with Crippen LogP contribution in [0.15, 0.2) is 47.0 Å². The van der Waals surface area contributed by atoms with E-state index >= 15 is 0 Å². The minimum atomic E-state index is 0.00512. The molecule has 1 aliphatic rings. The highest BCUT2D eigenvalue weighted by atomic mass is 16.5. The molecular weight excluding hydrogens is 404 g/mol. The van der Waals surface area contributed by atoms with Crippen molar-refractivity contribution in [3.8, 4) is 5.82 Å². The van der Waals surface area contributed by atoms with E-state index in [9.17, 15) is 9.59 Å². The van der Waals surface area contributed by atoms with Crippen LogP contribution in [-0.2, 0) is 11.3 Å². The number of rotatable bonds is 7. The molecule has 1 aromatic carbocycles. The summed E-state index contributed by atoms with van der Waals surface area (Å²) in [6.45, 7) is 8.16. The summed E-state index contributed by atoms with van der Waals surface area (Å²) >= 11 is 0. The first kappa shape index (κ1) is 22.0. The van der Waals surface area contributed by atoms with Gasteiger partial charge in [0.1, 0.15) is 5.76 Å². The predicted octanol–water partition coefficient (Wildman–Crippen LogP) is 3.60. The van der Waals surface area contributed by atoms with Gasteiger partial charge in [-0.15, -0.1) is 0 Å². The molecule has 2 aromatic heterocycles. The molecule has 168 valence electrons. The second kappa shape index (κ2) is 9.53. The van der Waals surface area contributed by atoms with Crippen molar-refractivity contribution in [3.05, 3.63) is 70.7 Å². The molecule has 0 aliphatic carbocycles. The number of piperidine rings is 1. The second-order valence-corrected chi connectivity index (χ2v) is 8.59. The van der Waals surface area contributed by atoms with E-state index in [0.717, 1.165) is 48.6 Å². The molecule has 1 N–H and O–H groups in total. The van der Waals surface area contributed by atoms with E-state index in [1.807, 2.05) is 67.8 Å². The van der Waals surface area contributed by atoms with Crippen molar-refractivity contribution >= 4 is 11.7 Å². The first-order valence-corrected chi connectivity index (χ1v) is 11.1. The zero-order chi connectivity index (χ0) is 22.7. The molecule has 1 aliphatic heterocycles. The third kappa shape index (κ3) is 4.83. The Morgan fingerprint density at radius 2 is 1.81 bits per heavy atom. The van der Waals surface area contributed by atoms with Gasteiger partial charge in [0.05, 0.1) is 6.54 Å². The fourth-order valence-electron chi connectivity index (χ4n) is 4.43. The zero-order valence-electron chi connectivity index (χ0n) is 18.9. The van der Waals surface area contributed by atoms with Gasteiger partial charge in [0.2, 0.25) is 5.91 Å². The number of carbonyl (C=O) groups excluding carboxylic acids is 2. The zero-order valence-corrected chi connectivity index (χ0v) is 18.9.